The monoisotopic (exact) mass is 284 g/mol. The standard InChI is InChI=1S/C16H20N4O/c1-11(2)17-16(21)14-12-7-3-4-8-13(12)15(19-18-14)20-9-5-6-10-20/h3-4,7-8,11H,5-6,9-10H2,1-2H3,(H,17,21). The first-order valence-corrected chi connectivity index (χ1v) is 7.48. The summed E-state index contributed by atoms with van der Waals surface area (Å²) < 4.78 is 0. The van der Waals surface area contributed by atoms with Gasteiger partial charge in [0.2, 0.25) is 0 Å². The first-order valence-electron chi connectivity index (χ1n) is 7.48. The predicted octanol–water partition coefficient (Wildman–Crippen LogP) is 2.37. The van der Waals surface area contributed by atoms with E-state index in [0.29, 0.717) is 5.69 Å². The van der Waals surface area contributed by atoms with Crippen LogP contribution in [0.3, 0.4) is 0 Å². The van der Waals surface area contributed by atoms with Crippen LogP contribution in [0.1, 0.15) is 37.2 Å². The van der Waals surface area contributed by atoms with Gasteiger partial charge in [-0.2, -0.15) is 0 Å². The Hall–Kier alpha value is -2.17. The molecule has 110 valence electrons. The van der Waals surface area contributed by atoms with Crippen LogP contribution in [0, 0.1) is 0 Å². The summed E-state index contributed by atoms with van der Waals surface area (Å²) in [6.45, 7) is 5.89. The molecular weight excluding hydrogens is 264 g/mol. The number of hydrogen-bond donors (Lipinski definition) is 1. The van der Waals surface area contributed by atoms with Gasteiger partial charge in [0, 0.05) is 29.9 Å². The topological polar surface area (TPSA) is 58.1 Å². The predicted molar refractivity (Wildman–Crippen MR) is 83.6 cm³/mol. The first-order chi connectivity index (χ1) is 10.2. The lowest BCUT2D eigenvalue weighted by atomic mass is 10.1. The fourth-order valence-electron chi connectivity index (χ4n) is 2.75. The second-order valence-electron chi connectivity index (χ2n) is 5.74. The van der Waals surface area contributed by atoms with Crippen LogP contribution in [0.4, 0.5) is 5.82 Å². The van der Waals surface area contributed by atoms with E-state index in [1.54, 1.807) is 0 Å². The van der Waals surface area contributed by atoms with Crippen LogP contribution in [0.5, 0.6) is 0 Å². The Morgan fingerprint density at radius 1 is 1.14 bits per heavy atom. The minimum Gasteiger partial charge on any atom is -0.355 e. The van der Waals surface area contributed by atoms with Gasteiger partial charge in [-0.05, 0) is 26.7 Å². The van der Waals surface area contributed by atoms with E-state index in [0.717, 1.165) is 29.7 Å². The highest BCUT2D eigenvalue weighted by Gasteiger charge is 2.20. The molecule has 0 saturated carbocycles. The summed E-state index contributed by atoms with van der Waals surface area (Å²) >= 11 is 0. The molecule has 2 aromatic rings. The zero-order chi connectivity index (χ0) is 14.8. The summed E-state index contributed by atoms with van der Waals surface area (Å²) in [5.41, 5.74) is 0.405. The quantitative estimate of drug-likeness (QED) is 0.940. The Morgan fingerprint density at radius 3 is 2.48 bits per heavy atom. The van der Waals surface area contributed by atoms with E-state index < -0.39 is 0 Å². The number of nitrogens with zero attached hydrogens (tertiary/aromatic N) is 3. The van der Waals surface area contributed by atoms with Gasteiger partial charge in [-0.25, -0.2) is 0 Å². The van der Waals surface area contributed by atoms with Crippen LogP contribution in [-0.4, -0.2) is 35.2 Å². The van der Waals surface area contributed by atoms with Crippen LogP contribution in [0.2, 0.25) is 0 Å². The molecule has 1 aromatic carbocycles. The highest BCUT2D eigenvalue weighted by molar-refractivity contribution is 6.07. The normalized spacial score (nSPS) is 14.9. The lowest BCUT2D eigenvalue weighted by Gasteiger charge is -2.18. The van der Waals surface area contributed by atoms with Gasteiger partial charge in [0.05, 0.1) is 0 Å². The maximum atomic E-state index is 12.3. The van der Waals surface area contributed by atoms with E-state index in [1.807, 2.05) is 38.1 Å². The van der Waals surface area contributed by atoms with E-state index in [2.05, 4.69) is 20.4 Å². The van der Waals surface area contributed by atoms with E-state index in [-0.39, 0.29) is 11.9 Å². The summed E-state index contributed by atoms with van der Waals surface area (Å²) in [6.07, 6.45) is 2.37. The molecule has 0 aliphatic carbocycles. The Labute approximate surface area is 124 Å². The minimum atomic E-state index is -0.165. The summed E-state index contributed by atoms with van der Waals surface area (Å²) in [6, 6.07) is 7.96. The van der Waals surface area contributed by atoms with E-state index in [9.17, 15) is 4.79 Å². The molecule has 1 N–H and O–H groups in total. The average Bonchev–Trinajstić information content (AvgIpc) is 2.99. The highest BCUT2D eigenvalue weighted by atomic mass is 16.2. The maximum absolute atomic E-state index is 12.3. The molecule has 2 heterocycles. The molecule has 0 bridgehead atoms. The number of rotatable bonds is 3. The third-order valence-electron chi connectivity index (χ3n) is 3.71. The number of aromatic nitrogens is 2. The molecule has 1 saturated heterocycles. The van der Waals surface area contributed by atoms with Gasteiger partial charge in [0.15, 0.2) is 11.5 Å². The van der Waals surface area contributed by atoms with Gasteiger partial charge in [-0.1, -0.05) is 24.3 Å². The van der Waals surface area contributed by atoms with Crippen molar-refractivity contribution in [2.75, 3.05) is 18.0 Å². The van der Waals surface area contributed by atoms with Crippen molar-refractivity contribution in [3.8, 4) is 0 Å². The van der Waals surface area contributed by atoms with E-state index in [4.69, 9.17) is 0 Å². The molecule has 3 rings (SSSR count). The number of amides is 1. The van der Waals surface area contributed by atoms with Crippen LogP contribution >= 0.6 is 0 Å². The molecular formula is C16H20N4O. The van der Waals surface area contributed by atoms with Crippen molar-refractivity contribution < 1.29 is 4.79 Å². The number of fused-ring (bicyclic) bond motifs is 1. The van der Waals surface area contributed by atoms with E-state index in [1.165, 1.54) is 12.8 Å². The largest absolute Gasteiger partial charge is 0.355 e. The lowest BCUT2D eigenvalue weighted by molar-refractivity contribution is 0.0939. The number of benzene rings is 1. The maximum Gasteiger partial charge on any atom is 0.272 e. The van der Waals surface area contributed by atoms with Crippen LogP contribution in [-0.2, 0) is 0 Å². The zero-order valence-corrected chi connectivity index (χ0v) is 12.5. The van der Waals surface area contributed by atoms with Gasteiger partial charge in [-0.3, -0.25) is 4.79 Å². The fraction of sp³-hybridized carbons (Fsp3) is 0.438. The Balaban J connectivity index is 2.08. The second-order valence-corrected chi connectivity index (χ2v) is 5.74. The van der Waals surface area contributed by atoms with Crippen molar-refractivity contribution in [2.24, 2.45) is 0 Å². The van der Waals surface area contributed by atoms with E-state index >= 15 is 0 Å². The van der Waals surface area contributed by atoms with Crippen LogP contribution in [0.25, 0.3) is 10.8 Å². The first kappa shape index (κ1) is 13.8. The Morgan fingerprint density at radius 2 is 1.81 bits per heavy atom. The molecule has 0 radical (unpaired) electrons. The number of anilines is 1. The van der Waals surface area contributed by atoms with Crippen LogP contribution < -0.4 is 10.2 Å². The lowest BCUT2D eigenvalue weighted by Crippen LogP contribution is -2.31. The zero-order valence-electron chi connectivity index (χ0n) is 12.5. The fourth-order valence-corrected chi connectivity index (χ4v) is 2.75. The molecule has 1 aromatic heterocycles. The third-order valence-corrected chi connectivity index (χ3v) is 3.71. The summed E-state index contributed by atoms with van der Waals surface area (Å²) in [7, 11) is 0. The van der Waals surface area contributed by atoms with Crippen molar-refractivity contribution in [1.29, 1.82) is 0 Å². The van der Waals surface area contributed by atoms with Crippen molar-refractivity contribution in [2.45, 2.75) is 32.7 Å². The van der Waals surface area contributed by atoms with Crippen molar-refractivity contribution in [1.82, 2.24) is 15.5 Å². The second kappa shape index (κ2) is 5.68. The number of carbonyl (C=O) groups excluding carboxylic acids is 1. The average molecular weight is 284 g/mol. The molecule has 0 atom stereocenters. The van der Waals surface area contributed by atoms with Gasteiger partial charge in [0.25, 0.3) is 5.91 Å². The number of hydrogen-bond acceptors (Lipinski definition) is 4. The van der Waals surface area contributed by atoms with Gasteiger partial charge in [-0.15, -0.1) is 10.2 Å². The van der Waals surface area contributed by atoms with Crippen molar-refractivity contribution in [3.05, 3.63) is 30.0 Å². The minimum absolute atomic E-state index is 0.0799. The highest BCUT2D eigenvalue weighted by Crippen LogP contribution is 2.28. The van der Waals surface area contributed by atoms with Gasteiger partial charge in [0.1, 0.15) is 0 Å². The molecule has 1 aliphatic heterocycles. The number of carbonyl (C=O) groups is 1. The molecule has 1 aliphatic rings. The van der Waals surface area contributed by atoms with Gasteiger partial charge < -0.3 is 10.2 Å². The van der Waals surface area contributed by atoms with Gasteiger partial charge >= 0.3 is 0 Å². The molecule has 0 unspecified atom stereocenters. The molecule has 1 amide bonds. The molecule has 21 heavy (non-hydrogen) atoms. The molecule has 0 spiro atoms. The van der Waals surface area contributed by atoms with Crippen molar-refractivity contribution in [3.63, 3.8) is 0 Å². The summed E-state index contributed by atoms with van der Waals surface area (Å²) in [4.78, 5) is 14.5. The Kier molecular flexibility index (Phi) is 3.73. The number of nitrogens with one attached hydrogen (secondary N) is 1. The van der Waals surface area contributed by atoms with Crippen LogP contribution in [0.15, 0.2) is 24.3 Å². The summed E-state index contributed by atoms with van der Waals surface area (Å²) in [5, 5.41) is 13.3. The SMILES string of the molecule is CC(C)NC(=O)c1nnc(N2CCCC2)c2ccccc12. The third kappa shape index (κ3) is 2.68. The molecule has 1 fully saturated rings. The molecule has 5 nitrogen and oxygen atoms in total. The van der Waals surface area contributed by atoms with Crippen molar-refractivity contribution >= 4 is 22.5 Å². The molecule has 5 heteroatoms. The Bertz CT molecular complexity index is 662. The summed E-state index contributed by atoms with van der Waals surface area (Å²) in [5.74, 6) is 0.728. The smallest absolute Gasteiger partial charge is 0.272 e.